The molecule has 0 unspecified atom stereocenters. The van der Waals surface area contributed by atoms with Crippen LogP contribution in [0.4, 0.5) is 0 Å². The van der Waals surface area contributed by atoms with Crippen molar-refractivity contribution < 1.29 is 52.5 Å². The summed E-state index contributed by atoms with van der Waals surface area (Å²) in [7, 11) is 0. The van der Waals surface area contributed by atoms with E-state index in [9.17, 15) is 5.11 Å². The van der Waals surface area contributed by atoms with Gasteiger partial charge in [-0.2, -0.15) is 0 Å². The zero-order valence-corrected chi connectivity index (χ0v) is 40.4. The lowest BCUT2D eigenvalue weighted by molar-refractivity contribution is -0.374. The summed E-state index contributed by atoms with van der Waals surface area (Å²) in [6, 6.07) is 69.6. The fourth-order valence-corrected chi connectivity index (χ4v) is 8.97. The quantitative estimate of drug-likeness (QED) is 0.0591. The lowest BCUT2D eigenvalue weighted by Gasteiger charge is -2.49. The van der Waals surface area contributed by atoms with Crippen LogP contribution in [0.5, 0.6) is 0 Å². The highest BCUT2D eigenvalue weighted by Crippen LogP contribution is 2.36. The molecule has 11 nitrogen and oxygen atoms in total. The van der Waals surface area contributed by atoms with Crippen molar-refractivity contribution >= 4 is 0 Å². The van der Waals surface area contributed by atoms with Crippen molar-refractivity contribution in [2.45, 2.75) is 108 Å². The average Bonchev–Trinajstić information content (AvgIpc) is 3.43. The van der Waals surface area contributed by atoms with Gasteiger partial charge < -0.3 is 52.5 Å². The molecule has 0 amide bonds. The second kappa shape index (κ2) is 27.2. The third kappa shape index (κ3) is 14.8. The van der Waals surface area contributed by atoms with Crippen LogP contribution in [0.2, 0.25) is 0 Å². The maximum atomic E-state index is 12.0. The summed E-state index contributed by atoms with van der Waals surface area (Å²) in [5.41, 5.74) is 6.75. The Morgan fingerprint density at radius 1 is 0.292 bits per heavy atom. The van der Waals surface area contributed by atoms with Crippen molar-refractivity contribution in [3.05, 3.63) is 251 Å². The van der Waals surface area contributed by atoms with Gasteiger partial charge in [0.25, 0.3) is 0 Å². The average molecular weight is 973 g/mol. The van der Waals surface area contributed by atoms with Gasteiger partial charge in [0.15, 0.2) is 12.6 Å². The van der Waals surface area contributed by atoms with Crippen LogP contribution < -0.4 is 0 Å². The number of rotatable bonds is 25. The van der Waals surface area contributed by atoms with E-state index in [1.54, 1.807) is 0 Å². The van der Waals surface area contributed by atoms with E-state index in [1.807, 2.05) is 212 Å². The third-order valence-corrected chi connectivity index (χ3v) is 12.7. The van der Waals surface area contributed by atoms with Gasteiger partial charge in [-0.05, 0) is 38.9 Å². The highest BCUT2D eigenvalue weighted by atomic mass is 16.8. The Kier molecular flexibility index (Phi) is 19.3. The molecule has 0 saturated carbocycles. The molecule has 0 aliphatic carbocycles. The molecule has 0 bridgehead atoms. The second-order valence-corrected chi connectivity index (χ2v) is 18.0. The smallest absolute Gasteiger partial charge is 0.187 e. The van der Waals surface area contributed by atoms with E-state index in [4.69, 9.17) is 47.4 Å². The summed E-state index contributed by atoms with van der Waals surface area (Å²) in [4.78, 5) is 0. The molecule has 2 heterocycles. The van der Waals surface area contributed by atoms with Gasteiger partial charge >= 0.3 is 0 Å². The molecule has 11 heteroatoms. The Labute approximate surface area is 423 Å². The Morgan fingerprint density at radius 3 is 0.931 bits per heavy atom. The molecule has 10 atom stereocenters. The topological polar surface area (TPSA) is 113 Å². The molecular weight excluding hydrogens is 909 g/mol. The standard InChI is InChI=1S/C61H64O11/c62-60-58(68-41-50-32-18-6-19-33-50)57(67-40-49-30-16-5-17-31-49)55(53(70-60)44-64-37-46-24-10-2-11-25-46)72-61-59(69-42-51-34-20-7-21-35-51)56(66-39-48-28-14-4-15-29-48)54(65-38-47-26-12-3-13-27-47)52(71-61)43-63-36-45-22-8-1-9-23-45/h1-35,52-62H,36-44H2/t52-,53-,54-,55-,56+,57+,58+,59+,60+,61-/m1/s1. The maximum Gasteiger partial charge on any atom is 0.187 e. The number of benzene rings is 7. The number of ether oxygens (including phenoxy) is 10. The predicted octanol–water partition coefficient (Wildman–Crippen LogP) is 10.2. The van der Waals surface area contributed by atoms with Crippen LogP contribution in [0.3, 0.4) is 0 Å². The number of aliphatic hydroxyl groups is 1. The van der Waals surface area contributed by atoms with E-state index in [0.29, 0.717) is 13.2 Å². The van der Waals surface area contributed by atoms with E-state index < -0.39 is 61.4 Å². The minimum absolute atomic E-state index is 0.0375. The van der Waals surface area contributed by atoms with Crippen LogP contribution in [0.25, 0.3) is 0 Å². The van der Waals surface area contributed by atoms with Crippen LogP contribution in [0.1, 0.15) is 38.9 Å². The van der Waals surface area contributed by atoms with Crippen molar-refractivity contribution in [3.8, 4) is 0 Å². The summed E-state index contributed by atoms with van der Waals surface area (Å²) in [5, 5.41) is 12.0. The van der Waals surface area contributed by atoms with Crippen molar-refractivity contribution in [1.29, 1.82) is 0 Å². The monoisotopic (exact) mass is 972 g/mol. The largest absolute Gasteiger partial charge is 0.374 e. The van der Waals surface area contributed by atoms with Crippen LogP contribution in [0, 0.1) is 0 Å². The minimum atomic E-state index is -1.41. The Morgan fingerprint density at radius 2 is 0.569 bits per heavy atom. The Hall–Kier alpha value is -5.90. The van der Waals surface area contributed by atoms with Crippen LogP contribution >= 0.6 is 0 Å². The fourth-order valence-electron chi connectivity index (χ4n) is 8.97. The highest BCUT2D eigenvalue weighted by Gasteiger charge is 2.54. The van der Waals surface area contributed by atoms with Gasteiger partial charge in [-0.1, -0.05) is 212 Å². The first-order valence-corrected chi connectivity index (χ1v) is 24.8. The molecule has 2 aliphatic heterocycles. The first-order chi connectivity index (χ1) is 35.6. The van der Waals surface area contributed by atoms with Crippen LogP contribution in [-0.2, 0) is 93.6 Å². The van der Waals surface area contributed by atoms with Gasteiger partial charge in [0, 0.05) is 0 Å². The van der Waals surface area contributed by atoms with Crippen molar-refractivity contribution in [3.63, 3.8) is 0 Å². The number of hydrogen-bond acceptors (Lipinski definition) is 11. The molecule has 7 aromatic rings. The van der Waals surface area contributed by atoms with Gasteiger partial charge in [0.1, 0.15) is 48.8 Å². The molecule has 7 aromatic carbocycles. The fraction of sp³-hybridized carbons (Fsp3) is 0.311. The van der Waals surface area contributed by atoms with E-state index in [1.165, 1.54) is 0 Å². The maximum absolute atomic E-state index is 12.0. The molecule has 72 heavy (non-hydrogen) atoms. The van der Waals surface area contributed by atoms with Gasteiger partial charge in [0.2, 0.25) is 0 Å². The highest BCUT2D eigenvalue weighted by molar-refractivity contribution is 5.19. The summed E-state index contributed by atoms with van der Waals surface area (Å²) < 4.78 is 68.6. The SMILES string of the molecule is O[C@H]1O[C@H](COCc2ccccc2)[C@@H](O[C@H]2O[C@H](COCc3ccccc3)[C@@H](OCc3ccccc3)[C@H](OCc3ccccc3)[C@@H]2OCc2ccccc2)[C@H](OCc2ccccc2)[C@@H]1OCc1ccccc1. The minimum Gasteiger partial charge on any atom is -0.374 e. The van der Waals surface area contributed by atoms with Gasteiger partial charge in [-0.15, -0.1) is 0 Å². The van der Waals surface area contributed by atoms with Gasteiger partial charge in [0.05, 0.1) is 59.5 Å². The number of hydrogen-bond donors (Lipinski definition) is 1. The molecule has 0 aromatic heterocycles. The molecule has 0 spiro atoms. The summed E-state index contributed by atoms with van der Waals surface area (Å²) >= 11 is 0. The molecular formula is C61H64O11. The molecule has 374 valence electrons. The molecule has 2 aliphatic rings. The zero-order chi connectivity index (χ0) is 49.0. The summed E-state index contributed by atoms with van der Waals surface area (Å²) in [5.74, 6) is 0. The first kappa shape index (κ1) is 51.0. The van der Waals surface area contributed by atoms with E-state index in [0.717, 1.165) is 38.9 Å². The first-order valence-electron chi connectivity index (χ1n) is 24.8. The lowest BCUT2D eigenvalue weighted by Crippen LogP contribution is -2.66. The van der Waals surface area contributed by atoms with Gasteiger partial charge in [-0.3, -0.25) is 0 Å². The molecule has 2 saturated heterocycles. The third-order valence-electron chi connectivity index (χ3n) is 12.7. The summed E-state index contributed by atoms with van der Waals surface area (Å²) in [6.45, 7) is 1.91. The molecule has 0 radical (unpaired) electrons. The van der Waals surface area contributed by atoms with Crippen molar-refractivity contribution in [2.75, 3.05) is 13.2 Å². The van der Waals surface area contributed by atoms with Crippen LogP contribution in [0.15, 0.2) is 212 Å². The Bertz CT molecular complexity index is 2550. The predicted molar refractivity (Wildman–Crippen MR) is 272 cm³/mol. The number of aliphatic hydroxyl groups excluding tert-OH is 1. The van der Waals surface area contributed by atoms with Crippen molar-refractivity contribution in [2.24, 2.45) is 0 Å². The lowest BCUT2D eigenvalue weighted by atomic mass is 9.95. The normalized spacial score (nSPS) is 24.2. The van der Waals surface area contributed by atoms with E-state index >= 15 is 0 Å². The zero-order valence-electron chi connectivity index (χ0n) is 40.4. The van der Waals surface area contributed by atoms with E-state index in [2.05, 4.69) is 0 Å². The molecule has 2 fully saturated rings. The van der Waals surface area contributed by atoms with E-state index in [-0.39, 0.29) is 46.2 Å². The molecule has 9 rings (SSSR count). The van der Waals surface area contributed by atoms with Crippen molar-refractivity contribution in [1.82, 2.24) is 0 Å². The van der Waals surface area contributed by atoms with Crippen LogP contribution in [-0.4, -0.2) is 79.7 Å². The summed E-state index contributed by atoms with van der Waals surface area (Å²) in [6.07, 6.45) is -9.37. The molecule has 1 N–H and O–H groups in total. The Balaban J connectivity index is 1.10. The van der Waals surface area contributed by atoms with Gasteiger partial charge in [-0.25, -0.2) is 0 Å². The second-order valence-electron chi connectivity index (χ2n) is 18.0.